The highest BCUT2D eigenvalue weighted by molar-refractivity contribution is 5.80. The minimum absolute atomic E-state index is 0.0121. The van der Waals surface area contributed by atoms with Crippen LogP contribution in [0.25, 0.3) is 0 Å². The molecular weight excluding hydrogens is 348 g/mol. The third kappa shape index (κ3) is 5.06. The number of likely N-dealkylation sites (tertiary alicyclic amines) is 1. The molecule has 144 valence electrons. The Bertz CT molecular complexity index is 797. The number of hydrogen-bond donors (Lipinski definition) is 1. The summed E-state index contributed by atoms with van der Waals surface area (Å²) in [6.45, 7) is 5.01. The molecule has 1 fully saturated rings. The van der Waals surface area contributed by atoms with Crippen molar-refractivity contribution in [2.45, 2.75) is 33.2 Å². The molecule has 2 amide bonds. The largest absolute Gasteiger partial charge is 0.484 e. The maximum absolute atomic E-state index is 12.3. The standard InChI is InChI=1S/C19H24N4O4/c1-13-5-3-4-6-16(13)26-12-18(24)23-9-7-15(8-10-23)19(25)20-11-17-21-14(2)22-27-17/h3-6,15H,7-12H2,1-2H3,(H,20,25). The van der Waals surface area contributed by atoms with Crippen LogP contribution in [0.5, 0.6) is 5.75 Å². The van der Waals surface area contributed by atoms with Gasteiger partial charge in [0.2, 0.25) is 11.8 Å². The zero-order chi connectivity index (χ0) is 19.2. The summed E-state index contributed by atoms with van der Waals surface area (Å²) in [5.41, 5.74) is 0.997. The molecule has 27 heavy (non-hydrogen) atoms. The van der Waals surface area contributed by atoms with E-state index in [9.17, 15) is 9.59 Å². The molecule has 3 rings (SSSR count). The van der Waals surface area contributed by atoms with Crippen LogP contribution in [-0.2, 0) is 16.1 Å². The van der Waals surface area contributed by atoms with Gasteiger partial charge in [-0.15, -0.1) is 0 Å². The van der Waals surface area contributed by atoms with E-state index in [1.54, 1.807) is 11.8 Å². The average Bonchev–Trinajstić information content (AvgIpc) is 3.10. The van der Waals surface area contributed by atoms with Gasteiger partial charge in [-0.3, -0.25) is 9.59 Å². The summed E-state index contributed by atoms with van der Waals surface area (Å²) in [6.07, 6.45) is 1.26. The fraction of sp³-hybridized carbons (Fsp3) is 0.474. The van der Waals surface area contributed by atoms with Crippen LogP contribution in [0.1, 0.15) is 30.1 Å². The van der Waals surface area contributed by atoms with Crippen LogP contribution in [0, 0.1) is 19.8 Å². The van der Waals surface area contributed by atoms with Crippen molar-refractivity contribution in [2.75, 3.05) is 19.7 Å². The summed E-state index contributed by atoms with van der Waals surface area (Å²) in [4.78, 5) is 30.4. The van der Waals surface area contributed by atoms with Crippen molar-refractivity contribution < 1.29 is 18.8 Å². The summed E-state index contributed by atoms with van der Waals surface area (Å²) < 4.78 is 10.6. The van der Waals surface area contributed by atoms with Crippen molar-refractivity contribution in [3.05, 3.63) is 41.5 Å². The fourth-order valence-corrected chi connectivity index (χ4v) is 3.06. The second-order valence-corrected chi connectivity index (χ2v) is 6.66. The molecule has 8 heteroatoms. The van der Waals surface area contributed by atoms with E-state index in [0.29, 0.717) is 37.6 Å². The molecule has 0 spiro atoms. The lowest BCUT2D eigenvalue weighted by Gasteiger charge is -2.31. The number of aryl methyl sites for hydroxylation is 2. The molecule has 0 aliphatic carbocycles. The van der Waals surface area contributed by atoms with Crippen LogP contribution in [0.2, 0.25) is 0 Å². The molecule has 1 aliphatic heterocycles. The minimum Gasteiger partial charge on any atom is -0.484 e. The Kier molecular flexibility index (Phi) is 6.05. The van der Waals surface area contributed by atoms with E-state index in [1.807, 2.05) is 31.2 Å². The van der Waals surface area contributed by atoms with E-state index in [1.165, 1.54) is 0 Å². The number of benzene rings is 1. The van der Waals surface area contributed by atoms with Crippen LogP contribution in [0.4, 0.5) is 0 Å². The highest BCUT2D eigenvalue weighted by Crippen LogP contribution is 2.19. The van der Waals surface area contributed by atoms with Crippen molar-refractivity contribution in [2.24, 2.45) is 5.92 Å². The lowest BCUT2D eigenvalue weighted by atomic mass is 9.96. The van der Waals surface area contributed by atoms with E-state index in [0.717, 1.165) is 11.3 Å². The number of nitrogens with zero attached hydrogens (tertiary/aromatic N) is 3. The smallest absolute Gasteiger partial charge is 0.260 e. The molecule has 1 N–H and O–H groups in total. The molecule has 0 bridgehead atoms. The Morgan fingerprint density at radius 1 is 1.26 bits per heavy atom. The Balaban J connectivity index is 1.40. The van der Waals surface area contributed by atoms with Crippen LogP contribution in [-0.4, -0.2) is 46.6 Å². The third-order valence-electron chi connectivity index (χ3n) is 4.65. The topological polar surface area (TPSA) is 97.6 Å². The Morgan fingerprint density at radius 3 is 2.67 bits per heavy atom. The summed E-state index contributed by atoms with van der Waals surface area (Å²) in [6, 6.07) is 7.61. The Hall–Kier alpha value is -2.90. The van der Waals surface area contributed by atoms with Crippen LogP contribution in [0.3, 0.4) is 0 Å². The number of ether oxygens (including phenoxy) is 1. The normalized spacial score (nSPS) is 14.8. The third-order valence-corrected chi connectivity index (χ3v) is 4.65. The lowest BCUT2D eigenvalue weighted by Crippen LogP contribution is -2.44. The van der Waals surface area contributed by atoms with Gasteiger partial charge in [0.1, 0.15) is 5.75 Å². The van der Waals surface area contributed by atoms with Crippen LogP contribution >= 0.6 is 0 Å². The number of para-hydroxylation sites is 1. The molecule has 0 atom stereocenters. The minimum atomic E-state index is -0.115. The maximum atomic E-state index is 12.3. The second kappa shape index (κ2) is 8.66. The first-order valence-electron chi connectivity index (χ1n) is 9.06. The van der Waals surface area contributed by atoms with Gasteiger partial charge < -0.3 is 19.5 Å². The maximum Gasteiger partial charge on any atom is 0.260 e. The Labute approximate surface area is 157 Å². The number of amides is 2. The summed E-state index contributed by atoms with van der Waals surface area (Å²) in [5, 5.41) is 6.50. The number of carbonyl (C=O) groups excluding carboxylic acids is 2. The van der Waals surface area contributed by atoms with Gasteiger partial charge in [0.15, 0.2) is 12.4 Å². The predicted octanol–water partition coefficient (Wildman–Crippen LogP) is 1.62. The monoisotopic (exact) mass is 372 g/mol. The van der Waals surface area contributed by atoms with Crippen molar-refractivity contribution in [1.29, 1.82) is 0 Å². The number of piperidine rings is 1. The molecule has 8 nitrogen and oxygen atoms in total. The molecule has 0 saturated carbocycles. The van der Waals surface area contributed by atoms with E-state index in [2.05, 4.69) is 15.5 Å². The van der Waals surface area contributed by atoms with Gasteiger partial charge in [-0.05, 0) is 38.3 Å². The van der Waals surface area contributed by atoms with E-state index in [-0.39, 0.29) is 30.9 Å². The van der Waals surface area contributed by atoms with Gasteiger partial charge in [0.25, 0.3) is 5.91 Å². The number of nitrogens with one attached hydrogen (secondary N) is 1. The Morgan fingerprint density at radius 2 is 2.00 bits per heavy atom. The number of carbonyl (C=O) groups is 2. The first-order chi connectivity index (χ1) is 13.0. The quantitative estimate of drug-likeness (QED) is 0.827. The second-order valence-electron chi connectivity index (χ2n) is 6.66. The van der Waals surface area contributed by atoms with Gasteiger partial charge in [-0.2, -0.15) is 4.98 Å². The van der Waals surface area contributed by atoms with E-state index in [4.69, 9.17) is 9.26 Å². The van der Waals surface area contributed by atoms with Crippen molar-refractivity contribution in [1.82, 2.24) is 20.4 Å². The lowest BCUT2D eigenvalue weighted by molar-refractivity contribution is -0.137. The molecule has 1 saturated heterocycles. The van der Waals surface area contributed by atoms with E-state index >= 15 is 0 Å². The number of aromatic nitrogens is 2. The molecule has 1 aromatic carbocycles. The predicted molar refractivity (Wildman–Crippen MR) is 96.9 cm³/mol. The van der Waals surface area contributed by atoms with Crippen LogP contribution < -0.4 is 10.1 Å². The molecule has 1 aromatic heterocycles. The molecule has 2 heterocycles. The van der Waals surface area contributed by atoms with Gasteiger partial charge in [0, 0.05) is 19.0 Å². The molecule has 0 unspecified atom stereocenters. The summed E-state index contributed by atoms with van der Waals surface area (Å²) >= 11 is 0. The first-order valence-corrected chi connectivity index (χ1v) is 9.06. The van der Waals surface area contributed by atoms with Crippen LogP contribution in [0.15, 0.2) is 28.8 Å². The SMILES string of the molecule is Cc1noc(CNC(=O)C2CCN(C(=O)COc3ccccc3C)CC2)n1. The highest BCUT2D eigenvalue weighted by atomic mass is 16.5. The molecule has 1 aliphatic rings. The van der Waals surface area contributed by atoms with Gasteiger partial charge in [-0.25, -0.2) is 0 Å². The number of hydrogen-bond acceptors (Lipinski definition) is 6. The zero-order valence-corrected chi connectivity index (χ0v) is 15.6. The summed E-state index contributed by atoms with van der Waals surface area (Å²) in [7, 11) is 0. The molecular formula is C19H24N4O4. The van der Waals surface area contributed by atoms with Gasteiger partial charge in [-0.1, -0.05) is 23.4 Å². The highest BCUT2D eigenvalue weighted by Gasteiger charge is 2.27. The van der Waals surface area contributed by atoms with Crippen molar-refractivity contribution >= 4 is 11.8 Å². The fourth-order valence-electron chi connectivity index (χ4n) is 3.06. The van der Waals surface area contributed by atoms with E-state index < -0.39 is 0 Å². The van der Waals surface area contributed by atoms with Crippen molar-refractivity contribution in [3.63, 3.8) is 0 Å². The zero-order valence-electron chi connectivity index (χ0n) is 15.6. The van der Waals surface area contributed by atoms with Crippen molar-refractivity contribution in [3.8, 4) is 5.75 Å². The first kappa shape index (κ1) is 18.9. The molecule has 0 radical (unpaired) electrons. The molecule has 2 aromatic rings. The van der Waals surface area contributed by atoms with Gasteiger partial charge >= 0.3 is 0 Å². The van der Waals surface area contributed by atoms with Gasteiger partial charge in [0.05, 0.1) is 6.54 Å². The summed E-state index contributed by atoms with van der Waals surface area (Å²) in [5.74, 6) is 1.43. The average molecular weight is 372 g/mol. The number of rotatable bonds is 6.